The summed E-state index contributed by atoms with van der Waals surface area (Å²) in [5, 5.41) is 4.23. The van der Waals surface area contributed by atoms with Crippen molar-refractivity contribution in [2.75, 3.05) is 7.11 Å². The van der Waals surface area contributed by atoms with Crippen molar-refractivity contribution < 1.29 is 19.6 Å². The number of rotatable bonds is 8. The summed E-state index contributed by atoms with van der Waals surface area (Å²) in [5.74, 6) is 0.0203. The SMILES string of the molecule is CCCCc1ccc([C@@H]([NH2+][C@H](C)C(=O)NC(=O)OC)C(C)C)cc1. The lowest BCUT2D eigenvalue weighted by Gasteiger charge is -2.23. The van der Waals surface area contributed by atoms with Crippen LogP contribution in [0.3, 0.4) is 0 Å². The Kier molecular flexibility index (Phi) is 8.47. The van der Waals surface area contributed by atoms with Crippen molar-refractivity contribution in [1.82, 2.24) is 5.32 Å². The molecule has 0 fully saturated rings. The lowest BCUT2D eigenvalue weighted by atomic mass is 9.94. The quantitative estimate of drug-likeness (QED) is 0.767. The van der Waals surface area contributed by atoms with Gasteiger partial charge in [-0.3, -0.25) is 10.1 Å². The average molecular weight is 335 g/mol. The Morgan fingerprint density at radius 3 is 2.29 bits per heavy atom. The Labute approximate surface area is 145 Å². The van der Waals surface area contributed by atoms with Gasteiger partial charge in [-0.05, 0) is 25.3 Å². The zero-order chi connectivity index (χ0) is 18.1. The van der Waals surface area contributed by atoms with Crippen LogP contribution in [-0.2, 0) is 16.0 Å². The number of carbonyl (C=O) groups is 2. The number of benzene rings is 1. The molecule has 2 atom stereocenters. The van der Waals surface area contributed by atoms with Gasteiger partial charge in [0.15, 0.2) is 6.04 Å². The van der Waals surface area contributed by atoms with E-state index in [2.05, 4.69) is 55.1 Å². The predicted molar refractivity (Wildman–Crippen MR) is 94.6 cm³/mol. The summed E-state index contributed by atoms with van der Waals surface area (Å²) in [5.41, 5.74) is 2.54. The van der Waals surface area contributed by atoms with Gasteiger partial charge in [-0.2, -0.15) is 0 Å². The van der Waals surface area contributed by atoms with Gasteiger partial charge in [0.2, 0.25) is 0 Å². The summed E-state index contributed by atoms with van der Waals surface area (Å²) in [7, 11) is 1.24. The highest BCUT2D eigenvalue weighted by Crippen LogP contribution is 2.19. The standard InChI is InChI=1S/C19H30N2O3/c1-6-7-8-15-9-11-16(12-10-15)17(13(2)3)20-14(4)18(22)21-19(23)24-5/h9-14,17,20H,6-8H2,1-5H3,(H,21,22,23)/p+1/t14-,17+/m1/s1. The molecular weight excluding hydrogens is 304 g/mol. The largest absolute Gasteiger partial charge is 0.453 e. The van der Waals surface area contributed by atoms with E-state index in [1.807, 2.05) is 5.32 Å². The molecule has 1 rings (SSSR count). The fraction of sp³-hybridized carbons (Fsp3) is 0.579. The van der Waals surface area contributed by atoms with E-state index in [1.165, 1.54) is 31.1 Å². The Hall–Kier alpha value is -1.88. The third kappa shape index (κ3) is 6.32. The van der Waals surface area contributed by atoms with Gasteiger partial charge in [0, 0.05) is 11.5 Å². The molecule has 0 aliphatic carbocycles. The molecule has 5 nitrogen and oxygen atoms in total. The lowest BCUT2D eigenvalue weighted by Crippen LogP contribution is -2.93. The number of unbranched alkanes of at least 4 members (excludes halogenated alkanes) is 1. The summed E-state index contributed by atoms with van der Waals surface area (Å²) >= 11 is 0. The first-order valence-electron chi connectivity index (χ1n) is 8.71. The molecule has 3 N–H and O–H groups in total. The average Bonchev–Trinajstić information content (AvgIpc) is 2.57. The number of hydrogen-bond acceptors (Lipinski definition) is 3. The number of amides is 2. The maximum Gasteiger partial charge on any atom is 0.413 e. The molecule has 0 aromatic heterocycles. The highest BCUT2D eigenvalue weighted by molar-refractivity contribution is 5.93. The lowest BCUT2D eigenvalue weighted by molar-refractivity contribution is -0.719. The van der Waals surface area contributed by atoms with Crippen LogP contribution in [0.2, 0.25) is 0 Å². The number of hydrogen-bond donors (Lipinski definition) is 2. The normalized spacial score (nSPS) is 13.4. The summed E-state index contributed by atoms with van der Waals surface area (Å²) < 4.78 is 4.47. The van der Waals surface area contributed by atoms with Crippen LogP contribution in [0, 0.1) is 5.92 Å². The van der Waals surface area contributed by atoms with Gasteiger partial charge in [0.05, 0.1) is 7.11 Å². The van der Waals surface area contributed by atoms with Crippen LogP contribution in [0.15, 0.2) is 24.3 Å². The molecule has 0 heterocycles. The summed E-state index contributed by atoms with van der Waals surface area (Å²) in [6, 6.07) is 8.43. The van der Waals surface area contributed by atoms with Crippen LogP contribution in [-0.4, -0.2) is 25.2 Å². The summed E-state index contributed by atoms with van der Waals surface area (Å²) in [4.78, 5) is 23.2. The van der Waals surface area contributed by atoms with Gasteiger partial charge in [0.1, 0.15) is 6.04 Å². The van der Waals surface area contributed by atoms with Crippen LogP contribution >= 0.6 is 0 Å². The number of quaternary nitrogens is 1. The molecule has 0 unspecified atom stereocenters. The van der Waals surface area contributed by atoms with Crippen LogP contribution < -0.4 is 10.6 Å². The molecule has 0 bridgehead atoms. The Balaban J connectivity index is 2.76. The molecule has 0 saturated heterocycles. The van der Waals surface area contributed by atoms with Gasteiger partial charge >= 0.3 is 6.09 Å². The number of alkyl carbamates (subject to hydrolysis) is 1. The molecule has 0 aliphatic rings. The molecule has 134 valence electrons. The number of ether oxygens (including phenoxy) is 1. The van der Waals surface area contributed by atoms with E-state index in [1.54, 1.807) is 6.92 Å². The minimum atomic E-state index is -0.721. The van der Waals surface area contributed by atoms with Crippen molar-refractivity contribution in [2.24, 2.45) is 5.92 Å². The third-order valence-corrected chi connectivity index (χ3v) is 4.22. The molecule has 0 radical (unpaired) electrons. The first-order valence-corrected chi connectivity index (χ1v) is 8.71. The number of methoxy groups -OCH3 is 1. The van der Waals surface area contributed by atoms with Gasteiger partial charge in [-0.25, -0.2) is 4.79 Å². The first-order chi connectivity index (χ1) is 11.4. The van der Waals surface area contributed by atoms with Gasteiger partial charge in [-0.1, -0.05) is 51.5 Å². The highest BCUT2D eigenvalue weighted by atomic mass is 16.5. The molecular formula is C19H31N2O3+. The van der Waals surface area contributed by atoms with E-state index in [0.29, 0.717) is 5.92 Å². The molecule has 0 spiro atoms. The zero-order valence-corrected chi connectivity index (χ0v) is 15.5. The van der Waals surface area contributed by atoms with E-state index in [0.717, 1.165) is 6.42 Å². The maximum atomic E-state index is 12.0. The third-order valence-electron chi connectivity index (χ3n) is 4.22. The van der Waals surface area contributed by atoms with Crippen LogP contribution in [0.4, 0.5) is 4.79 Å². The van der Waals surface area contributed by atoms with E-state index in [-0.39, 0.29) is 18.0 Å². The monoisotopic (exact) mass is 335 g/mol. The number of nitrogens with one attached hydrogen (secondary N) is 1. The molecule has 1 aromatic rings. The van der Waals surface area contributed by atoms with Crippen molar-refractivity contribution in [3.05, 3.63) is 35.4 Å². The second kappa shape index (κ2) is 10.1. The zero-order valence-electron chi connectivity index (χ0n) is 15.5. The minimum Gasteiger partial charge on any atom is -0.453 e. The molecule has 2 amide bonds. The van der Waals surface area contributed by atoms with Crippen LogP contribution in [0.5, 0.6) is 0 Å². The van der Waals surface area contributed by atoms with Gasteiger partial charge in [0.25, 0.3) is 5.91 Å². The Morgan fingerprint density at radius 1 is 1.17 bits per heavy atom. The second-order valence-corrected chi connectivity index (χ2v) is 6.58. The molecule has 0 saturated carbocycles. The predicted octanol–water partition coefficient (Wildman–Crippen LogP) is 2.56. The van der Waals surface area contributed by atoms with Crippen molar-refractivity contribution in [2.45, 2.75) is 59.0 Å². The fourth-order valence-corrected chi connectivity index (χ4v) is 2.67. The van der Waals surface area contributed by atoms with Crippen molar-refractivity contribution in [3.63, 3.8) is 0 Å². The van der Waals surface area contributed by atoms with Crippen LogP contribution in [0.1, 0.15) is 57.7 Å². The van der Waals surface area contributed by atoms with Crippen molar-refractivity contribution in [1.29, 1.82) is 0 Å². The summed E-state index contributed by atoms with van der Waals surface area (Å²) in [6.07, 6.45) is 2.77. The molecule has 0 aliphatic heterocycles. The minimum absolute atomic E-state index is 0.156. The highest BCUT2D eigenvalue weighted by Gasteiger charge is 2.26. The number of imide groups is 1. The Morgan fingerprint density at radius 2 is 1.79 bits per heavy atom. The number of aryl methyl sites for hydroxylation is 1. The second-order valence-electron chi connectivity index (χ2n) is 6.58. The number of carbonyl (C=O) groups excluding carboxylic acids is 2. The van der Waals surface area contributed by atoms with Crippen molar-refractivity contribution in [3.8, 4) is 0 Å². The topological polar surface area (TPSA) is 72.0 Å². The molecule has 5 heteroatoms. The van der Waals surface area contributed by atoms with Gasteiger partial charge in [-0.15, -0.1) is 0 Å². The van der Waals surface area contributed by atoms with Crippen molar-refractivity contribution >= 4 is 12.0 Å². The first kappa shape index (κ1) is 20.2. The summed E-state index contributed by atoms with van der Waals surface area (Å²) in [6.45, 7) is 8.26. The van der Waals surface area contributed by atoms with E-state index < -0.39 is 6.09 Å². The maximum absolute atomic E-state index is 12.0. The number of nitrogens with two attached hydrogens (primary N) is 1. The van der Waals surface area contributed by atoms with E-state index >= 15 is 0 Å². The molecule has 1 aromatic carbocycles. The fourth-order valence-electron chi connectivity index (χ4n) is 2.67. The van der Waals surface area contributed by atoms with Crippen LogP contribution in [0.25, 0.3) is 0 Å². The van der Waals surface area contributed by atoms with E-state index in [9.17, 15) is 9.59 Å². The van der Waals surface area contributed by atoms with Gasteiger partial charge < -0.3 is 10.1 Å². The van der Waals surface area contributed by atoms with E-state index in [4.69, 9.17) is 0 Å². The smallest absolute Gasteiger partial charge is 0.413 e. The molecule has 24 heavy (non-hydrogen) atoms. The Bertz CT molecular complexity index is 526.